The summed E-state index contributed by atoms with van der Waals surface area (Å²) >= 11 is 8.63. The van der Waals surface area contributed by atoms with Crippen LogP contribution in [-0.4, -0.2) is 37.3 Å². The number of halogens is 1. The number of amides is 2. The Morgan fingerprint density at radius 1 is 1.00 bits per heavy atom. The largest absolute Gasteiger partial charge is 0.490 e. The van der Waals surface area contributed by atoms with E-state index in [-0.39, 0.29) is 16.8 Å². The third-order valence-electron chi connectivity index (χ3n) is 4.08. The van der Waals surface area contributed by atoms with Gasteiger partial charge in [-0.25, -0.2) is 0 Å². The molecule has 0 radical (unpaired) electrons. The van der Waals surface area contributed by atoms with E-state index in [4.69, 9.17) is 26.1 Å². The lowest BCUT2D eigenvalue weighted by Gasteiger charge is -2.14. The molecule has 0 aliphatic carbocycles. The minimum atomic E-state index is -0.432. The number of ether oxygens (including phenoxy) is 2. The van der Waals surface area contributed by atoms with Crippen LogP contribution in [0.25, 0.3) is 0 Å². The summed E-state index contributed by atoms with van der Waals surface area (Å²) in [6, 6.07) is 15.2. The number of thiocarbonyl (C=S) groups is 1. The molecule has 0 saturated carbocycles. The summed E-state index contributed by atoms with van der Waals surface area (Å²) in [6.07, 6.45) is 1.42. The molecule has 10 heteroatoms. The summed E-state index contributed by atoms with van der Waals surface area (Å²) in [5.74, 6) is -0.200. The van der Waals surface area contributed by atoms with Crippen LogP contribution in [0.4, 0.5) is 11.4 Å². The Labute approximate surface area is 198 Å². The van der Waals surface area contributed by atoms with Gasteiger partial charge in [-0.3, -0.25) is 14.9 Å². The summed E-state index contributed by atoms with van der Waals surface area (Å²) in [7, 11) is 1.57. The minimum absolute atomic E-state index is 0.0901. The van der Waals surface area contributed by atoms with Crippen LogP contribution >= 0.6 is 28.1 Å². The predicted molar refractivity (Wildman–Crippen MR) is 128 cm³/mol. The van der Waals surface area contributed by atoms with E-state index in [1.54, 1.807) is 61.7 Å². The molecule has 3 rings (SSSR count). The average molecular weight is 518 g/mol. The number of benzene rings is 2. The van der Waals surface area contributed by atoms with Gasteiger partial charge in [-0.15, -0.1) is 0 Å². The van der Waals surface area contributed by atoms with Gasteiger partial charge in [0.05, 0.1) is 18.4 Å². The van der Waals surface area contributed by atoms with Crippen molar-refractivity contribution in [2.45, 2.75) is 0 Å². The Morgan fingerprint density at radius 2 is 1.78 bits per heavy atom. The Kier molecular flexibility index (Phi) is 8.37. The van der Waals surface area contributed by atoms with Crippen LogP contribution in [0.5, 0.6) is 5.75 Å². The topological polar surface area (TPSA) is 102 Å². The summed E-state index contributed by atoms with van der Waals surface area (Å²) in [5, 5.41) is 8.38. The zero-order chi connectivity index (χ0) is 22.9. The monoisotopic (exact) mass is 517 g/mol. The molecule has 32 heavy (non-hydrogen) atoms. The number of anilines is 2. The predicted octanol–water partition coefficient (Wildman–Crippen LogP) is 4.45. The van der Waals surface area contributed by atoms with E-state index < -0.39 is 5.91 Å². The van der Waals surface area contributed by atoms with Crippen molar-refractivity contribution in [1.29, 1.82) is 0 Å². The van der Waals surface area contributed by atoms with Crippen LogP contribution in [0, 0.1) is 0 Å². The molecule has 0 bridgehead atoms. The molecule has 0 fully saturated rings. The number of carbonyl (C=O) groups excluding carboxylic acids is 2. The maximum Gasteiger partial charge on any atom is 0.291 e. The number of furan rings is 1. The second-order valence-electron chi connectivity index (χ2n) is 6.40. The van der Waals surface area contributed by atoms with Gasteiger partial charge in [0.2, 0.25) is 0 Å². The lowest BCUT2D eigenvalue weighted by Crippen LogP contribution is -2.34. The molecule has 1 heterocycles. The summed E-state index contributed by atoms with van der Waals surface area (Å²) < 4.78 is 16.4. The molecule has 8 nitrogen and oxygen atoms in total. The Balaban J connectivity index is 1.63. The van der Waals surface area contributed by atoms with Crippen molar-refractivity contribution in [2.24, 2.45) is 0 Å². The second-order valence-corrected chi connectivity index (χ2v) is 7.73. The second kappa shape index (κ2) is 11.4. The van der Waals surface area contributed by atoms with Crippen molar-refractivity contribution in [3.05, 3.63) is 76.7 Å². The first kappa shape index (κ1) is 23.5. The van der Waals surface area contributed by atoms with Gasteiger partial charge in [0.25, 0.3) is 11.8 Å². The highest BCUT2D eigenvalue weighted by Crippen LogP contribution is 2.23. The van der Waals surface area contributed by atoms with Gasteiger partial charge in [0.1, 0.15) is 12.4 Å². The average Bonchev–Trinajstić information content (AvgIpc) is 3.30. The van der Waals surface area contributed by atoms with E-state index >= 15 is 0 Å². The molecule has 0 aliphatic heterocycles. The lowest BCUT2D eigenvalue weighted by molar-refractivity contribution is 0.0967. The van der Waals surface area contributed by atoms with E-state index in [2.05, 4.69) is 31.9 Å². The van der Waals surface area contributed by atoms with Crippen molar-refractivity contribution < 1.29 is 23.5 Å². The summed E-state index contributed by atoms with van der Waals surface area (Å²) in [6.45, 7) is 0.696. The van der Waals surface area contributed by atoms with Gasteiger partial charge >= 0.3 is 0 Å². The Hall–Kier alpha value is -3.21. The van der Waals surface area contributed by atoms with Gasteiger partial charge < -0.3 is 24.5 Å². The number of hydrogen-bond acceptors (Lipinski definition) is 6. The number of hydrogen-bond donors (Lipinski definition) is 3. The molecular formula is C22H20BrN3O5S. The first-order chi connectivity index (χ1) is 15.5. The highest BCUT2D eigenvalue weighted by molar-refractivity contribution is 9.10. The number of nitrogens with one attached hydrogen (secondary N) is 3. The molecular weight excluding hydrogens is 498 g/mol. The van der Waals surface area contributed by atoms with Crippen LogP contribution in [0.1, 0.15) is 20.9 Å². The molecule has 0 unspecified atom stereocenters. The zero-order valence-corrected chi connectivity index (χ0v) is 19.4. The van der Waals surface area contributed by atoms with Crippen molar-refractivity contribution in [2.75, 3.05) is 31.0 Å². The van der Waals surface area contributed by atoms with Gasteiger partial charge in [-0.05, 0) is 60.7 Å². The normalized spacial score (nSPS) is 10.3. The summed E-state index contributed by atoms with van der Waals surface area (Å²) in [4.78, 5) is 24.9. The van der Waals surface area contributed by atoms with E-state index in [0.717, 1.165) is 4.47 Å². The zero-order valence-electron chi connectivity index (χ0n) is 17.0. The number of rotatable bonds is 8. The van der Waals surface area contributed by atoms with Crippen molar-refractivity contribution >= 4 is 56.4 Å². The van der Waals surface area contributed by atoms with Crippen LogP contribution in [0.2, 0.25) is 0 Å². The summed E-state index contributed by atoms with van der Waals surface area (Å²) in [5.41, 5.74) is 1.43. The molecule has 3 aromatic rings. The minimum Gasteiger partial charge on any atom is -0.490 e. The van der Waals surface area contributed by atoms with Crippen molar-refractivity contribution in [1.82, 2.24) is 5.32 Å². The highest BCUT2D eigenvalue weighted by atomic mass is 79.9. The fraction of sp³-hybridized carbons (Fsp3) is 0.136. The van der Waals surface area contributed by atoms with Crippen molar-refractivity contribution in [3.63, 3.8) is 0 Å². The third kappa shape index (κ3) is 6.64. The van der Waals surface area contributed by atoms with Crippen LogP contribution in [0.15, 0.2) is 69.8 Å². The molecule has 1 aromatic heterocycles. The van der Waals surface area contributed by atoms with E-state index in [1.165, 1.54) is 6.26 Å². The molecule has 0 atom stereocenters. The number of methoxy groups -OCH3 is 1. The van der Waals surface area contributed by atoms with E-state index in [0.29, 0.717) is 35.9 Å². The number of carbonyl (C=O) groups is 2. The van der Waals surface area contributed by atoms with E-state index in [9.17, 15) is 9.59 Å². The third-order valence-corrected chi connectivity index (χ3v) is 4.78. The molecule has 166 valence electrons. The van der Waals surface area contributed by atoms with Gasteiger partial charge in [-0.1, -0.05) is 22.0 Å². The van der Waals surface area contributed by atoms with Gasteiger partial charge in [-0.2, -0.15) is 0 Å². The van der Waals surface area contributed by atoms with Crippen molar-refractivity contribution in [3.8, 4) is 5.75 Å². The standard InChI is InChI=1S/C22H20BrN3O5S/c1-29-10-11-31-18-8-7-14(23)12-17(18)20(27)26-22(32)25-16-5-2-4-15(13-16)24-21(28)19-6-3-9-30-19/h2-9,12-13H,10-11H2,1H3,(H,24,28)(H2,25,26,27,32). The Morgan fingerprint density at radius 3 is 2.50 bits per heavy atom. The molecule has 2 amide bonds. The SMILES string of the molecule is COCCOc1ccc(Br)cc1C(=O)NC(=S)Nc1cccc(NC(=O)c2ccco2)c1. The molecule has 0 spiro atoms. The molecule has 3 N–H and O–H groups in total. The van der Waals surface area contributed by atoms with Crippen LogP contribution in [-0.2, 0) is 4.74 Å². The lowest BCUT2D eigenvalue weighted by atomic mass is 10.2. The first-order valence-electron chi connectivity index (χ1n) is 9.45. The van der Waals surface area contributed by atoms with Crippen LogP contribution < -0.4 is 20.7 Å². The fourth-order valence-electron chi connectivity index (χ4n) is 2.65. The molecule has 2 aromatic carbocycles. The van der Waals surface area contributed by atoms with Gasteiger partial charge in [0, 0.05) is 23.0 Å². The smallest absolute Gasteiger partial charge is 0.291 e. The Bertz CT molecular complexity index is 1100. The van der Waals surface area contributed by atoms with E-state index in [1.807, 2.05) is 0 Å². The molecule has 0 saturated heterocycles. The highest BCUT2D eigenvalue weighted by Gasteiger charge is 2.15. The van der Waals surface area contributed by atoms with Gasteiger partial charge in [0.15, 0.2) is 10.9 Å². The maximum absolute atomic E-state index is 12.8. The molecule has 0 aliphatic rings. The van der Waals surface area contributed by atoms with Crippen LogP contribution in [0.3, 0.4) is 0 Å². The maximum atomic E-state index is 12.8. The quantitative estimate of drug-likeness (QED) is 0.299. The fourth-order valence-corrected chi connectivity index (χ4v) is 3.22. The first-order valence-corrected chi connectivity index (χ1v) is 10.6.